The molecule has 1 aromatic rings. The minimum atomic E-state index is 0.276. The molecule has 1 atom stereocenters. The summed E-state index contributed by atoms with van der Waals surface area (Å²) in [6.45, 7) is 6.53. The third kappa shape index (κ3) is 3.74. The van der Waals surface area contributed by atoms with Crippen LogP contribution in [0.2, 0.25) is 0 Å². The van der Waals surface area contributed by atoms with Gasteiger partial charge in [0.25, 0.3) is 0 Å². The second-order valence-corrected chi connectivity index (χ2v) is 5.92. The van der Waals surface area contributed by atoms with Gasteiger partial charge in [0.2, 0.25) is 0 Å². The van der Waals surface area contributed by atoms with Crippen LogP contribution in [0.25, 0.3) is 0 Å². The fourth-order valence-corrected chi connectivity index (χ4v) is 2.98. The number of aryl methyl sites for hydroxylation is 1. The van der Waals surface area contributed by atoms with E-state index in [4.69, 9.17) is 10.5 Å². The molecule has 0 aliphatic carbocycles. The van der Waals surface area contributed by atoms with Crippen molar-refractivity contribution in [1.82, 2.24) is 0 Å². The third-order valence-electron chi connectivity index (χ3n) is 4.40. The highest BCUT2D eigenvalue weighted by Gasteiger charge is 2.20. The molecule has 0 amide bonds. The van der Waals surface area contributed by atoms with E-state index in [2.05, 4.69) is 36.9 Å². The maximum Gasteiger partial charge on any atom is 0.0605 e. The SMILES string of the molecule is CCC(N)Cc1ccc(N2CCC(OC)CC2)c(C)c1. The number of nitrogens with zero attached hydrogens (tertiary/aromatic N) is 1. The number of benzene rings is 1. The Morgan fingerprint density at radius 3 is 2.60 bits per heavy atom. The Morgan fingerprint density at radius 2 is 2.05 bits per heavy atom. The highest BCUT2D eigenvalue weighted by Crippen LogP contribution is 2.26. The molecule has 0 bridgehead atoms. The number of rotatable bonds is 5. The maximum atomic E-state index is 6.04. The average Bonchev–Trinajstić information content (AvgIpc) is 2.47. The van der Waals surface area contributed by atoms with Crippen LogP contribution < -0.4 is 10.6 Å². The minimum Gasteiger partial charge on any atom is -0.381 e. The van der Waals surface area contributed by atoms with Gasteiger partial charge in [0.05, 0.1) is 6.10 Å². The molecule has 20 heavy (non-hydrogen) atoms. The summed E-state index contributed by atoms with van der Waals surface area (Å²) in [6, 6.07) is 7.07. The number of anilines is 1. The smallest absolute Gasteiger partial charge is 0.0605 e. The third-order valence-corrected chi connectivity index (χ3v) is 4.40. The van der Waals surface area contributed by atoms with Crippen molar-refractivity contribution in [2.75, 3.05) is 25.1 Å². The maximum absolute atomic E-state index is 6.04. The summed E-state index contributed by atoms with van der Waals surface area (Å²) in [5.74, 6) is 0. The molecule has 1 saturated heterocycles. The van der Waals surface area contributed by atoms with Crippen LogP contribution in [-0.2, 0) is 11.2 Å². The van der Waals surface area contributed by atoms with Crippen LogP contribution in [-0.4, -0.2) is 32.3 Å². The fraction of sp³-hybridized carbons (Fsp3) is 0.647. The zero-order chi connectivity index (χ0) is 14.5. The van der Waals surface area contributed by atoms with Crippen LogP contribution in [0.4, 0.5) is 5.69 Å². The lowest BCUT2D eigenvalue weighted by Crippen LogP contribution is -2.37. The van der Waals surface area contributed by atoms with Gasteiger partial charge >= 0.3 is 0 Å². The van der Waals surface area contributed by atoms with E-state index in [-0.39, 0.29) is 6.04 Å². The van der Waals surface area contributed by atoms with E-state index in [1.165, 1.54) is 16.8 Å². The van der Waals surface area contributed by atoms with E-state index < -0.39 is 0 Å². The first-order valence-electron chi connectivity index (χ1n) is 7.77. The quantitative estimate of drug-likeness (QED) is 0.898. The van der Waals surface area contributed by atoms with Crippen LogP contribution >= 0.6 is 0 Å². The molecule has 2 N–H and O–H groups in total. The number of nitrogens with two attached hydrogens (primary N) is 1. The van der Waals surface area contributed by atoms with Crippen LogP contribution in [0.3, 0.4) is 0 Å². The topological polar surface area (TPSA) is 38.5 Å². The van der Waals surface area contributed by atoms with Crippen molar-refractivity contribution in [3.8, 4) is 0 Å². The van der Waals surface area contributed by atoms with Crippen molar-refractivity contribution in [2.24, 2.45) is 5.73 Å². The van der Waals surface area contributed by atoms with Crippen LogP contribution in [0.15, 0.2) is 18.2 Å². The lowest BCUT2D eigenvalue weighted by Gasteiger charge is -2.34. The van der Waals surface area contributed by atoms with E-state index in [9.17, 15) is 0 Å². The molecule has 3 heteroatoms. The Kier molecular flexibility index (Phi) is 5.44. The lowest BCUT2D eigenvalue weighted by atomic mass is 10.00. The van der Waals surface area contributed by atoms with Gasteiger partial charge in [-0.05, 0) is 49.8 Å². The Balaban J connectivity index is 2.03. The first-order valence-corrected chi connectivity index (χ1v) is 7.77. The number of hydrogen-bond donors (Lipinski definition) is 1. The Labute approximate surface area is 123 Å². The average molecular weight is 276 g/mol. The summed E-state index contributed by atoms with van der Waals surface area (Å²) in [7, 11) is 1.82. The number of ether oxygens (including phenoxy) is 1. The van der Waals surface area contributed by atoms with E-state index in [1.54, 1.807) is 0 Å². The lowest BCUT2D eigenvalue weighted by molar-refractivity contribution is 0.0819. The fourth-order valence-electron chi connectivity index (χ4n) is 2.98. The molecule has 1 fully saturated rings. The van der Waals surface area contributed by atoms with Crippen molar-refractivity contribution >= 4 is 5.69 Å². The zero-order valence-electron chi connectivity index (χ0n) is 13.1. The summed E-state index contributed by atoms with van der Waals surface area (Å²) >= 11 is 0. The molecule has 1 aromatic carbocycles. The molecule has 0 spiro atoms. The van der Waals surface area contributed by atoms with Gasteiger partial charge in [-0.3, -0.25) is 0 Å². The van der Waals surface area contributed by atoms with Crippen molar-refractivity contribution < 1.29 is 4.74 Å². The van der Waals surface area contributed by atoms with Gasteiger partial charge in [0.1, 0.15) is 0 Å². The molecular weight excluding hydrogens is 248 g/mol. The molecule has 0 aromatic heterocycles. The highest BCUT2D eigenvalue weighted by molar-refractivity contribution is 5.54. The number of piperidine rings is 1. The van der Waals surface area contributed by atoms with Crippen LogP contribution in [0.5, 0.6) is 0 Å². The predicted molar refractivity (Wildman–Crippen MR) is 85.4 cm³/mol. The van der Waals surface area contributed by atoms with Gasteiger partial charge in [-0.1, -0.05) is 19.1 Å². The van der Waals surface area contributed by atoms with Gasteiger partial charge in [-0.25, -0.2) is 0 Å². The zero-order valence-corrected chi connectivity index (χ0v) is 13.1. The number of methoxy groups -OCH3 is 1. The molecule has 3 nitrogen and oxygen atoms in total. The number of hydrogen-bond acceptors (Lipinski definition) is 3. The second-order valence-electron chi connectivity index (χ2n) is 5.92. The van der Waals surface area contributed by atoms with E-state index >= 15 is 0 Å². The van der Waals surface area contributed by atoms with Gasteiger partial charge in [-0.2, -0.15) is 0 Å². The van der Waals surface area contributed by atoms with Gasteiger partial charge in [0, 0.05) is 31.9 Å². The molecule has 0 saturated carbocycles. The van der Waals surface area contributed by atoms with Crippen LogP contribution in [0, 0.1) is 6.92 Å². The van der Waals surface area contributed by atoms with Crippen molar-refractivity contribution in [3.05, 3.63) is 29.3 Å². The Bertz CT molecular complexity index is 425. The van der Waals surface area contributed by atoms with Gasteiger partial charge in [0.15, 0.2) is 0 Å². The summed E-state index contributed by atoms with van der Waals surface area (Å²) < 4.78 is 5.44. The molecule has 1 heterocycles. The molecular formula is C17H28N2O. The highest BCUT2D eigenvalue weighted by atomic mass is 16.5. The monoisotopic (exact) mass is 276 g/mol. The first kappa shape index (κ1) is 15.3. The summed E-state index contributed by atoms with van der Waals surface area (Å²) in [4.78, 5) is 2.48. The largest absolute Gasteiger partial charge is 0.381 e. The standard InChI is InChI=1S/C17H28N2O/c1-4-15(18)12-14-5-6-17(13(2)11-14)19-9-7-16(20-3)8-10-19/h5-6,11,15-16H,4,7-10,12,18H2,1-3H3. The van der Waals surface area contributed by atoms with Crippen molar-refractivity contribution in [2.45, 2.75) is 51.7 Å². The van der Waals surface area contributed by atoms with Crippen molar-refractivity contribution in [1.29, 1.82) is 0 Å². The summed E-state index contributed by atoms with van der Waals surface area (Å²) in [6.07, 6.45) is 4.69. The molecule has 2 rings (SSSR count). The van der Waals surface area contributed by atoms with Gasteiger partial charge in [-0.15, -0.1) is 0 Å². The normalized spacial score (nSPS) is 18.3. The minimum absolute atomic E-state index is 0.276. The molecule has 1 unspecified atom stereocenters. The van der Waals surface area contributed by atoms with E-state index in [0.717, 1.165) is 38.8 Å². The van der Waals surface area contributed by atoms with Crippen molar-refractivity contribution in [3.63, 3.8) is 0 Å². The van der Waals surface area contributed by atoms with E-state index in [0.29, 0.717) is 6.10 Å². The summed E-state index contributed by atoms with van der Waals surface area (Å²) in [5.41, 5.74) is 10.1. The second kappa shape index (κ2) is 7.09. The van der Waals surface area contributed by atoms with Crippen LogP contribution in [0.1, 0.15) is 37.3 Å². The Morgan fingerprint density at radius 1 is 1.35 bits per heavy atom. The molecule has 1 aliphatic rings. The molecule has 112 valence electrons. The molecule has 0 radical (unpaired) electrons. The van der Waals surface area contributed by atoms with E-state index in [1.807, 2.05) is 7.11 Å². The predicted octanol–water partition coefficient (Wildman–Crippen LogP) is 2.89. The Hall–Kier alpha value is -1.06. The molecule has 1 aliphatic heterocycles. The first-order chi connectivity index (χ1) is 9.63. The van der Waals surface area contributed by atoms with Gasteiger partial charge < -0.3 is 15.4 Å². The summed E-state index contributed by atoms with van der Waals surface area (Å²) in [5, 5.41) is 0.